The Labute approximate surface area is 162 Å². The standard InChI is InChI=1S/C13H17NO.5CO.Cr/c1-4-15-11-10-13(14(2)3)12-8-6-5-7-9-12;5*1-2;/h5-10H,4H2,1-3H3;;;;;;/b13-10+;;;;;;. The van der Waals surface area contributed by atoms with Crippen molar-refractivity contribution in [2.75, 3.05) is 20.7 Å². The first-order valence-electron chi connectivity index (χ1n) is 6.28. The predicted molar refractivity (Wildman–Crippen MR) is 84.4 cm³/mol. The summed E-state index contributed by atoms with van der Waals surface area (Å²) in [5.41, 5.74) is 2.31. The van der Waals surface area contributed by atoms with Gasteiger partial charge in [0.15, 0.2) is 0 Å². The van der Waals surface area contributed by atoms with Crippen LogP contribution in [-0.2, 0) is 43.8 Å². The van der Waals surface area contributed by atoms with Gasteiger partial charge in [-0.05, 0) is 0 Å². The molecule has 0 amide bonds. The van der Waals surface area contributed by atoms with Crippen molar-refractivity contribution in [2.24, 2.45) is 0 Å². The van der Waals surface area contributed by atoms with Crippen molar-refractivity contribution in [3.8, 4) is 0 Å². The van der Waals surface area contributed by atoms with Crippen molar-refractivity contribution in [1.82, 2.24) is 4.90 Å². The van der Waals surface area contributed by atoms with E-state index in [1.807, 2.05) is 45.3 Å². The summed E-state index contributed by atoms with van der Waals surface area (Å²) in [5.74, 6) is 0. The molecule has 0 N–H and O–H groups in total. The Bertz CT molecular complexity index is 536. The predicted octanol–water partition coefficient (Wildman–Crippen LogP) is 2.11. The van der Waals surface area contributed by atoms with E-state index in [4.69, 9.17) is 28.0 Å². The molecular formula is C18H17CrNO6. The summed E-state index contributed by atoms with van der Waals surface area (Å²) < 4.78 is 43.7. The molecule has 0 aliphatic rings. The quantitative estimate of drug-likeness (QED) is 0.562. The van der Waals surface area contributed by atoms with Crippen molar-refractivity contribution in [3.63, 3.8) is 0 Å². The van der Waals surface area contributed by atoms with Gasteiger partial charge in [-0.15, -0.1) is 0 Å². The number of hydrogen-bond acceptors (Lipinski definition) is 2. The maximum absolute atomic E-state index is 7.50. The van der Waals surface area contributed by atoms with Crippen LogP contribution in [0.4, 0.5) is 0 Å². The van der Waals surface area contributed by atoms with Gasteiger partial charge in [0.25, 0.3) is 0 Å². The number of nitrogens with zero attached hydrogens (tertiary/aromatic N) is 1. The first kappa shape index (κ1) is 35.0. The van der Waals surface area contributed by atoms with Crippen LogP contribution in [0.5, 0.6) is 0 Å². The molecule has 0 bridgehead atoms. The zero-order chi connectivity index (χ0) is 22.0. The van der Waals surface area contributed by atoms with Crippen LogP contribution in [0.25, 0.3) is 5.70 Å². The summed E-state index contributed by atoms with van der Waals surface area (Å²) in [6.45, 7) is 25.2. The second kappa shape index (κ2) is 34.2. The van der Waals surface area contributed by atoms with E-state index in [0.29, 0.717) is 6.61 Å². The Hall–Kier alpha value is -2.18. The van der Waals surface area contributed by atoms with Gasteiger partial charge in [-0.2, -0.15) is 0 Å². The summed E-state index contributed by atoms with van der Waals surface area (Å²) in [4.78, 5) is 2.08. The molecule has 0 heterocycles. The Morgan fingerprint density at radius 2 is 1.31 bits per heavy atom. The molecule has 0 saturated heterocycles. The van der Waals surface area contributed by atoms with E-state index in [0.717, 1.165) is 10.3 Å². The molecule has 0 spiro atoms. The fourth-order valence-electron chi connectivity index (χ4n) is 1.38. The monoisotopic (exact) mass is 395 g/mol. The molecule has 7 nitrogen and oxygen atoms in total. The van der Waals surface area contributed by atoms with Gasteiger partial charge in [0.1, 0.15) is 0 Å². The zero-order valence-corrected chi connectivity index (χ0v) is 15.8. The van der Waals surface area contributed by atoms with E-state index in [-0.39, 0.29) is 0 Å². The van der Waals surface area contributed by atoms with Crippen LogP contribution in [0.15, 0.2) is 36.4 Å². The Morgan fingerprint density at radius 1 is 0.923 bits per heavy atom. The number of benzene rings is 1. The van der Waals surface area contributed by atoms with Crippen LogP contribution in [0.1, 0.15) is 12.5 Å². The summed E-state index contributed by atoms with van der Waals surface area (Å²) in [5, 5.41) is 0. The topological polar surface area (TPSA) is 112 Å². The summed E-state index contributed by atoms with van der Waals surface area (Å²) in [6.07, 6.45) is 2.01. The van der Waals surface area contributed by atoms with Gasteiger partial charge in [0.05, 0.1) is 0 Å². The number of ether oxygens (including phenoxy) is 1. The normalized spacial score (nSPS) is 7.35. The van der Waals surface area contributed by atoms with Gasteiger partial charge >= 0.3 is 162 Å². The van der Waals surface area contributed by atoms with Gasteiger partial charge in [0.2, 0.25) is 0 Å². The van der Waals surface area contributed by atoms with E-state index in [1.165, 1.54) is 5.56 Å². The van der Waals surface area contributed by atoms with Crippen LogP contribution in [-0.4, -0.2) is 30.2 Å². The number of hydrogen-bond donors (Lipinski definition) is 0. The van der Waals surface area contributed by atoms with E-state index < -0.39 is 0 Å². The third-order valence-electron chi connectivity index (χ3n) is 2.09. The molecule has 0 unspecified atom stereocenters. The van der Waals surface area contributed by atoms with E-state index in [9.17, 15) is 0 Å². The first-order valence-corrected chi connectivity index (χ1v) is 6.92. The van der Waals surface area contributed by atoms with Crippen LogP contribution >= 0.6 is 0 Å². The average Bonchev–Trinajstić information content (AvgIpc) is 2.74. The second-order valence-corrected chi connectivity index (χ2v) is 4.17. The molecule has 1 rings (SSSR count). The molecule has 0 fully saturated rings. The molecule has 1 aromatic carbocycles. The fourth-order valence-corrected chi connectivity index (χ4v) is 1.73. The Morgan fingerprint density at radius 3 is 1.62 bits per heavy atom. The molecule has 0 aliphatic carbocycles. The average molecular weight is 395 g/mol. The molecule has 26 heavy (non-hydrogen) atoms. The van der Waals surface area contributed by atoms with Crippen LogP contribution in [0.3, 0.4) is 0 Å². The third-order valence-corrected chi connectivity index (χ3v) is 2.46. The second-order valence-electron chi connectivity index (χ2n) is 3.54. The Balaban J connectivity index is -0.000000127. The summed E-state index contributed by atoms with van der Waals surface area (Å²) >= 11 is 2.92. The first-order chi connectivity index (χ1) is 12.6. The minimum atomic E-state index is 0.675. The van der Waals surface area contributed by atoms with Crippen molar-refractivity contribution in [1.29, 1.82) is 0 Å². The van der Waals surface area contributed by atoms with Crippen LogP contribution < -0.4 is 0 Å². The molecule has 0 saturated carbocycles. The molecule has 8 heteroatoms. The Kier molecular flexibility index (Phi) is 46.1. The van der Waals surface area contributed by atoms with Crippen LogP contribution in [0, 0.1) is 33.3 Å². The van der Waals surface area contributed by atoms with E-state index >= 15 is 0 Å². The van der Waals surface area contributed by atoms with Crippen molar-refractivity contribution >= 4 is 10.3 Å². The molecule has 0 radical (unpaired) electrons. The van der Waals surface area contributed by atoms with Crippen molar-refractivity contribution in [3.05, 3.63) is 75.2 Å². The molecule has 136 valence electrons. The van der Waals surface area contributed by atoms with Gasteiger partial charge in [-0.3, -0.25) is 0 Å². The van der Waals surface area contributed by atoms with Crippen molar-refractivity contribution in [2.45, 2.75) is 6.92 Å². The molecule has 1 aromatic rings. The minimum absolute atomic E-state index is 0.675. The summed E-state index contributed by atoms with van der Waals surface area (Å²) in [7, 11) is 4.05. The van der Waals surface area contributed by atoms with E-state index in [1.54, 1.807) is 0 Å². The molecule has 0 atom stereocenters. The van der Waals surface area contributed by atoms with Gasteiger partial charge in [-0.1, -0.05) is 0 Å². The van der Waals surface area contributed by atoms with Gasteiger partial charge < -0.3 is 0 Å². The number of rotatable bonds is 5. The molecule has 0 aromatic heterocycles. The van der Waals surface area contributed by atoms with Crippen LogP contribution in [0.2, 0.25) is 0 Å². The molecule has 0 aliphatic heterocycles. The maximum atomic E-state index is 7.50. The van der Waals surface area contributed by atoms with Gasteiger partial charge in [0, 0.05) is 0 Å². The fraction of sp³-hybridized carbons (Fsp3) is 0.222. The van der Waals surface area contributed by atoms with E-state index in [2.05, 4.69) is 66.1 Å². The van der Waals surface area contributed by atoms with Gasteiger partial charge in [-0.25, -0.2) is 0 Å². The summed E-state index contributed by atoms with van der Waals surface area (Å²) in [6, 6.07) is 10.3. The zero-order valence-electron chi connectivity index (χ0n) is 14.5. The molecular weight excluding hydrogens is 378 g/mol. The SMILES string of the molecule is CCO[C](=[Cr])/C=C(\c1ccccc1)N(C)C.[C-]#[O+].[C-]#[O+].[C-]#[O+].[C-]#[O+].[C-]#[O+]. The van der Waals surface area contributed by atoms with Crippen molar-refractivity contribution < 1.29 is 43.8 Å². The third kappa shape index (κ3) is 21.8.